The predicted molar refractivity (Wildman–Crippen MR) is 102 cm³/mol. The van der Waals surface area contributed by atoms with Crippen molar-refractivity contribution in [2.75, 3.05) is 0 Å². The summed E-state index contributed by atoms with van der Waals surface area (Å²) in [7, 11) is 0. The average Bonchev–Trinajstić information content (AvgIpc) is 2.55. The molecule has 1 rings (SSSR count). The van der Waals surface area contributed by atoms with E-state index in [0.29, 0.717) is 32.0 Å². The van der Waals surface area contributed by atoms with Gasteiger partial charge >= 0.3 is 29.6 Å². The van der Waals surface area contributed by atoms with Crippen molar-refractivity contribution in [1.29, 1.82) is 0 Å². The topological polar surface area (TPSA) is 58.2 Å². The van der Waals surface area contributed by atoms with Gasteiger partial charge in [-0.05, 0) is 37.5 Å². The second-order valence-electron chi connectivity index (χ2n) is 7.38. The zero-order valence-electron chi connectivity index (χ0n) is 17.3. The molecule has 2 unspecified atom stereocenters. The molecule has 2 N–H and O–H groups in total. The SMILES string of the molecule is CCCC1(CCC)CC(NC(=O)CC)CC(NC(=O)CC)C1.[CH3][Ti][CH3]. The summed E-state index contributed by atoms with van der Waals surface area (Å²) in [4.78, 5) is 23.6. The van der Waals surface area contributed by atoms with Gasteiger partial charge in [0, 0.05) is 24.9 Å². The van der Waals surface area contributed by atoms with Gasteiger partial charge in [-0.1, -0.05) is 40.5 Å². The zero-order chi connectivity index (χ0) is 19.3. The van der Waals surface area contributed by atoms with E-state index in [4.69, 9.17) is 0 Å². The average molecular weight is 388 g/mol. The summed E-state index contributed by atoms with van der Waals surface area (Å²) in [6.45, 7) is 8.23. The van der Waals surface area contributed by atoms with E-state index in [2.05, 4.69) is 34.9 Å². The summed E-state index contributed by atoms with van der Waals surface area (Å²) >= 11 is 0.500. The Morgan fingerprint density at radius 1 is 0.880 bits per heavy atom. The molecule has 0 aliphatic heterocycles. The van der Waals surface area contributed by atoms with E-state index < -0.39 is 0 Å². The Morgan fingerprint density at radius 2 is 1.24 bits per heavy atom. The van der Waals surface area contributed by atoms with Gasteiger partial charge in [-0.2, -0.15) is 0 Å². The van der Waals surface area contributed by atoms with Crippen LogP contribution in [0.4, 0.5) is 0 Å². The van der Waals surface area contributed by atoms with Crippen molar-refractivity contribution in [3.8, 4) is 0 Å². The molecule has 0 bridgehead atoms. The van der Waals surface area contributed by atoms with Crippen molar-refractivity contribution in [3.05, 3.63) is 0 Å². The second kappa shape index (κ2) is 13.8. The van der Waals surface area contributed by atoms with Crippen LogP contribution in [0.1, 0.15) is 85.5 Å². The molecule has 1 fully saturated rings. The molecule has 0 aromatic heterocycles. The van der Waals surface area contributed by atoms with Gasteiger partial charge in [0.25, 0.3) is 0 Å². The molecule has 2 atom stereocenters. The van der Waals surface area contributed by atoms with Crippen LogP contribution >= 0.6 is 0 Å². The maximum absolute atomic E-state index is 11.8. The number of hydrogen-bond donors (Lipinski definition) is 2. The Balaban J connectivity index is 0.00000178. The number of amides is 2. The first-order valence-electron chi connectivity index (χ1n) is 10.1. The summed E-state index contributed by atoms with van der Waals surface area (Å²) in [5, 5.41) is 10.8. The van der Waals surface area contributed by atoms with Crippen LogP contribution in [0.3, 0.4) is 0 Å². The van der Waals surface area contributed by atoms with Crippen LogP contribution < -0.4 is 10.6 Å². The summed E-state index contributed by atoms with van der Waals surface area (Å²) < 4.78 is 0. The monoisotopic (exact) mass is 388 g/mol. The zero-order valence-corrected chi connectivity index (χ0v) is 18.9. The molecule has 0 spiro atoms. The van der Waals surface area contributed by atoms with Crippen LogP contribution in [0.25, 0.3) is 0 Å². The molecule has 0 aromatic carbocycles. The van der Waals surface area contributed by atoms with Crippen LogP contribution in [-0.2, 0) is 28.7 Å². The van der Waals surface area contributed by atoms with Gasteiger partial charge in [0.1, 0.15) is 0 Å². The fourth-order valence-corrected chi connectivity index (χ4v) is 4.11. The van der Waals surface area contributed by atoms with Gasteiger partial charge in [0.05, 0.1) is 0 Å². The van der Waals surface area contributed by atoms with Crippen molar-refractivity contribution in [2.45, 2.75) is 108 Å². The first-order chi connectivity index (χ1) is 11.9. The number of carbonyl (C=O) groups is 2. The van der Waals surface area contributed by atoms with E-state index in [-0.39, 0.29) is 29.3 Å². The van der Waals surface area contributed by atoms with E-state index in [1.165, 1.54) is 12.8 Å². The summed E-state index contributed by atoms with van der Waals surface area (Å²) in [6, 6.07) is 0.392. The normalized spacial score (nSPS) is 21.5. The third-order valence-electron chi connectivity index (χ3n) is 4.86. The number of hydrogen-bond acceptors (Lipinski definition) is 2. The summed E-state index contributed by atoms with van der Waals surface area (Å²) in [6.07, 6.45) is 8.69. The number of nitrogens with one attached hydrogen (secondary N) is 2. The summed E-state index contributed by atoms with van der Waals surface area (Å²) in [5.41, 5.74) is 0.263. The molecule has 1 aliphatic carbocycles. The maximum atomic E-state index is 11.8. The second-order valence-corrected chi connectivity index (χ2v) is 8.94. The third-order valence-corrected chi connectivity index (χ3v) is 4.86. The van der Waals surface area contributed by atoms with Crippen molar-refractivity contribution < 1.29 is 28.7 Å². The molecule has 1 saturated carbocycles. The molecule has 0 heterocycles. The Kier molecular flexibility index (Phi) is 13.6. The molecule has 25 heavy (non-hydrogen) atoms. The molecule has 0 saturated heterocycles. The van der Waals surface area contributed by atoms with E-state index in [0.717, 1.165) is 32.1 Å². The molecule has 1 aliphatic rings. The molecule has 4 nitrogen and oxygen atoms in total. The molecule has 0 radical (unpaired) electrons. The van der Waals surface area contributed by atoms with Crippen LogP contribution in [-0.4, -0.2) is 23.9 Å². The number of carbonyl (C=O) groups excluding carboxylic acids is 2. The minimum atomic E-state index is 0.120. The number of rotatable bonds is 8. The van der Waals surface area contributed by atoms with Gasteiger partial charge < -0.3 is 10.6 Å². The minimum absolute atomic E-state index is 0.120. The van der Waals surface area contributed by atoms with E-state index in [1.54, 1.807) is 0 Å². The van der Waals surface area contributed by atoms with Gasteiger partial charge in [-0.15, -0.1) is 0 Å². The fourth-order valence-electron chi connectivity index (χ4n) is 4.11. The first kappa shape index (κ1) is 24.7. The molecular formula is C20H40N2O2Ti. The van der Waals surface area contributed by atoms with E-state index >= 15 is 0 Å². The fraction of sp³-hybridized carbons (Fsp3) is 0.900. The molecular weight excluding hydrogens is 348 g/mol. The standard InChI is InChI=1S/C18H34N2O2.2CH3.Ti/c1-5-9-18(10-6-2)12-14(19-16(21)7-3)11-15(13-18)20-17(22)8-4;;;/h14-15H,5-13H2,1-4H3,(H,19,21)(H,20,22);2*1H3;. The van der Waals surface area contributed by atoms with Crippen molar-refractivity contribution in [2.24, 2.45) is 5.41 Å². The van der Waals surface area contributed by atoms with Gasteiger partial charge in [-0.3, -0.25) is 9.59 Å². The van der Waals surface area contributed by atoms with Crippen LogP contribution in [0.5, 0.6) is 0 Å². The van der Waals surface area contributed by atoms with Crippen LogP contribution in [0.2, 0.25) is 10.5 Å². The van der Waals surface area contributed by atoms with Crippen molar-refractivity contribution >= 4 is 11.8 Å². The third kappa shape index (κ3) is 9.79. The van der Waals surface area contributed by atoms with Gasteiger partial charge in [0.2, 0.25) is 11.8 Å². The van der Waals surface area contributed by atoms with Crippen molar-refractivity contribution in [1.82, 2.24) is 10.6 Å². The van der Waals surface area contributed by atoms with Crippen LogP contribution in [0, 0.1) is 5.41 Å². The molecule has 2 amide bonds. The van der Waals surface area contributed by atoms with Gasteiger partial charge in [-0.25, -0.2) is 0 Å². The summed E-state index contributed by atoms with van der Waals surface area (Å²) in [5.74, 6) is 0.240. The quantitative estimate of drug-likeness (QED) is 0.592. The Labute approximate surface area is 164 Å². The van der Waals surface area contributed by atoms with E-state index in [1.807, 2.05) is 13.8 Å². The first-order valence-corrected chi connectivity index (χ1v) is 13.2. The predicted octanol–water partition coefficient (Wildman–Crippen LogP) is 4.71. The Morgan fingerprint density at radius 3 is 1.52 bits per heavy atom. The Hall–Kier alpha value is -0.346. The van der Waals surface area contributed by atoms with E-state index in [9.17, 15) is 9.59 Å². The Bertz CT molecular complexity index is 354. The molecule has 146 valence electrons. The van der Waals surface area contributed by atoms with Crippen molar-refractivity contribution in [3.63, 3.8) is 0 Å². The van der Waals surface area contributed by atoms with Gasteiger partial charge in [0.15, 0.2) is 0 Å². The molecule has 5 heteroatoms. The molecule has 0 aromatic rings. The van der Waals surface area contributed by atoms with Crippen LogP contribution in [0.15, 0.2) is 0 Å².